The number of hydrazone groups is 1. The van der Waals surface area contributed by atoms with E-state index in [0.717, 1.165) is 11.1 Å². The quantitative estimate of drug-likeness (QED) is 0.222. The van der Waals surface area contributed by atoms with Crippen LogP contribution in [0.4, 0.5) is 0 Å². The first-order chi connectivity index (χ1) is 21.0. The van der Waals surface area contributed by atoms with Crippen LogP contribution in [0.1, 0.15) is 59.7 Å². The number of carbonyl (C=O) groups excluding carboxylic acids is 3. The van der Waals surface area contributed by atoms with Crippen molar-refractivity contribution in [3.8, 4) is 17.2 Å². The topological polar surface area (TPSA) is 94.5 Å². The Hall–Kier alpha value is -5.24. The lowest BCUT2D eigenvalue weighted by molar-refractivity contribution is 0.0585. The van der Waals surface area contributed by atoms with Gasteiger partial charge in [-0.1, -0.05) is 60.7 Å². The molecule has 4 aromatic carbocycles. The SMILES string of the molecule is COc1ccc(C(=O)[C@@H]2[C@@H](c3cccc(OC)c3OC)C3(C(=O)c4ccccc4C3=O)[C@@H]3c4ccccc4C=NN23)cc1. The van der Waals surface area contributed by atoms with Crippen LogP contribution in [0.2, 0.25) is 0 Å². The summed E-state index contributed by atoms with van der Waals surface area (Å²) >= 11 is 0. The molecule has 1 aliphatic carbocycles. The van der Waals surface area contributed by atoms with Crippen LogP contribution < -0.4 is 14.2 Å². The highest BCUT2D eigenvalue weighted by Gasteiger charge is 2.73. The highest BCUT2D eigenvalue weighted by Crippen LogP contribution is 2.66. The van der Waals surface area contributed by atoms with E-state index in [1.807, 2.05) is 24.3 Å². The predicted octanol–water partition coefficient (Wildman–Crippen LogP) is 5.52. The summed E-state index contributed by atoms with van der Waals surface area (Å²) in [5, 5.41) is 6.47. The number of nitrogens with zero attached hydrogens (tertiary/aromatic N) is 2. The zero-order valence-corrected chi connectivity index (χ0v) is 23.8. The van der Waals surface area contributed by atoms with Crippen molar-refractivity contribution in [3.63, 3.8) is 0 Å². The average Bonchev–Trinajstić information content (AvgIpc) is 3.49. The molecule has 0 N–H and O–H groups in total. The van der Waals surface area contributed by atoms with Crippen molar-refractivity contribution in [3.05, 3.63) is 124 Å². The molecule has 3 atom stereocenters. The monoisotopic (exact) mass is 572 g/mol. The van der Waals surface area contributed by atoms with Crippen molar-refractivity contribution >= 4 is 23.6 Å². The molecule has 214 valence electrons. The summed E-state index contributed by atoms with van der Waals surface area (Å²) in [5.41, 5.74) is 1.41. The molecule has 0 unspecified atom stereocenters. The molecule has 0 aromatic heterocycles. The number of Topliss-reactive ketones (excluding diaryl/α,β-unsaturated/α-hetero) is 3. The smallest absolute Gasteiger partial charge is 0.187 e. The fraction of sp³-hybridized carbons (Fsp3) is 0.200. The van der Waals surface area contributed by atoms with Gasteiger partial charge in [0, 0.05) is 28.2 Å². The lowest BCUT2D eigenvalue weighted by atomic mass is 9.62. The Morgan fingerprint density at radius 2 is 1.40 bits per heavy atom. The van der Waals surface area contributed by atoms with E-state index in [1.165, 1.54) is 14.2 Å². The first-order valence-corrected chi connectivity index (χ1v) is 14.0. The van der Waals surface area contributed by atoms with Gasteiger partial charge >= 0.3 is 0 Å². The number of para-hydroxylation sites is 1. The standard InChI is InChI=1S/C35H28N2O6/c1-41-22-17-15-20(16-18-22)30(38)29-28(26-13-8-14-27(42-2)31(26)43-3)35(33(39)24-11-6-7-12-25(24)34(35)40)32-23-10-5-4-9-21(23)19-36-37(29)32/h4-19,28-29,32H,1-3H3/t28-,29+,32+/m1/s1. The maximum absolute atomic E-state index is 14.9. The van der Waals surface area contributed by atoms with Gasteiger partial charge in [-0.15, -0.1) is 0 Å². The fourth-order valence-corrected chi connectivity index (χ4v) is 7.20. The van der Waals surface area contributed by atoms with Crippen LogP contribution in [0, 0.1) is 5.41 Å². The van der Waals surface area contributed by atoms with Crippen molar-refractivity contribution in [1.29, 1.82) is 0 Å². The Morgan fingerprint density at radius 3 is 2.05 bits per heavy atom. The summed E-state index contributed by atoms with van der Waals surface area (Å²) < 4.78 is 16.9. The van der Waals surface area contributed by atoms with Crippen molar-refractivity contribution in [2.75, 3.05) is 21.3 Å². The van der Waals surface area contributed by atoms with Crippen LogP contribution in [0.15, 0.2) is 96.1 Å². The molecule has 1 spiro atoms. The molecule has 2 aliphatic heterocycles. The van der Waals surface area contributed by atoms with Crippen LogP contribution in [0.25, 0.3) is 0 Å². The molecule has 0 amide bonds. The Balaban J connectivity index is 1.57. The van der Waals surface area contributed by atoms with Gasteiger partial charge in [-0.25, -0.2) is 0 Å². The third-order valence-electron chi connectivity index (χ3n) is 8.99. The van der Waals surface area contributed by atoms with E-state index < -0.39 is 23.4 Å². The fourth-order valence-electron chi connectivity index (χ4n) is 7.20. The summed E-state index contributed by atoms with van der Waals surface area (Å²) in [7, 11) is 4.59. The molecule has 3 aliphatic rings. The minimum absolute atomic E-state index is 0.285. The largest absolute Gasteiger partial charge is 0.497 e. The van der Waals surface area contributed by atoms with E-state index in [0.29, 0.717) is 39.5 Å². The molecule has 43 heavy (non-hydrogen) atoms. The zero-order chi connectivity index (χ0) is 29.9. The van der Waals surface area contributed by atoms with Gasteiger partial charge in [-0.05, 0) is 41.5 Å². The van der Waals surface area contributed by atoms with Crippen molar-refractivity contribution in [1.82, 2.24) is 5.01 Å². The number of rotatable bonds is 6. The van der Waals surface area contributed by atoms with Gasteiger partial charge in [-0.2, -0.15) is 5.10 Å². The summed E-state index contributed by atoms with van der Waals surface area (Å²) in [4.78, 5) is 44.6. The number of ketones is 3. The molecule has 0 saturated carbocycles. The third kappa shape index (κ3) is 3.56. The summed E-state index contributed by atoms with van der Waals surface area (Å²) in [6.07, 6.45) is 1.69. The second-order valence-electron chi connectivity index (χ2n) is 10.8. The second kappa shape index (κ2) is 9.94. The van der Waals surface area contributed by atoms with Crippen LogP contribution in [-0.4, -0.2) is 55.9 Å². The number of carbonyl (C=O) groups is 3. The Kier molecular flexibility index (Phi) is 6.16. The van der Waals surface area contributed by atoms with E-state index in [4.69, 9.17) is 19.3 Å². The van der Waals surface area contributed by atoms with Gasteiger partial charge in [0.1, 0.15) is 17.2 Å². The molecule has 4 aromatic rings. The minimum Gasteiger partial charge on any atom is -0.497 e. The number of hydrogen-bond donors (Lipinski definition) is 0. The first-order valence-electron chi connectivity index (χ1n) is 14.0. The number of ether oxygens (including phenoxy) is 3. The molecule has 0 bridgehead atoms. The Labute approximate surface area is 248 Å². The number of fused-ring (bicyclic) bond motifs is 5. The van der Waals surface area contributed by atoms with Crippen LogP contribution in [-0.2, 0) is 0 Å². The lowest BCUT2D eigenvalue weighted by Gasteiger charge is -2.36. The van der Waals surface area contributed by atoms with Gasteiger partial charge in [-0.3, -0.25) is 19.4 Å². The zero-order valence-electron chi connectivity index (χ0n) is 23.8. The number of methoxy groups -OCH3 is 3. The summed E-state index contributed by atoms with van der Waals surface area (Å²) in [6.45, 7) is 0. The van der Waals surface area contributed by atoms with Crippen LogP contribution in [0.5, 0.6) is 17.2 Å². The average molecular weight is 573 g/mol. The normalized spacial score (nSPS) is 20.9. The highest BCUT2D eigenvalue weighted by molar-refractivity contribution is 6.31. The third-order valence-corrected chi connectivity index (χ3v) is 8.99. The lowest BCUT2D eigenvalue weighted by Crippen LogP contribution is -2.44. The summed E-state index contributed by atoms with van der Waals surface area (Å²) in [6, 6.07) is 24.7. The Morgan fingerprint density at radius 1 is 0.744 bits per heavy atom. The van der Waals surface area contributed by atoms with E-state index in [-0.39, 0.29) is 17.3 Å². The van der Waals surface area contributed by atoms with E-state index in [9.17, 15) is 14.4 Å². The van der Waals surface area contributed by atoms with Crippen LogP contribution >= 0.6 is 0 Å². The van der Waals surface area contributed by atoms with Gasteiger partial charge in [0.25, 0.3) is 0 Å². The molecule has 8 nitrogen and oxygen atoms in total. The van der Waals surface area contributed by atoms with E-state index in [1.54, 1.807) is 85.1 Å². The highest BCUT2D eigenvalue weighted by atomic mass is 16.5. The van der Waals surface area contributed by atoms with Gasteiger partial charge < -0.3 is 14.2 Å². The maximum Gasteiger partial charge on any atom is 0.187 e. The van der Waals surface area contributed by atoms with Crippen LogP contribution in [0.3, 0.4) is 0 Å². The van der Waals surface area contributed by atoms with E-state index in [2.05, 4.69) is 0 Å². The molecular formula is C35H28N2O6. The molecule has 1 fully saturated rings. The van der Waals surface area contributed by atoms with E-state index >= 15 is 0 Å². The molecule has 7 rings (SSSR count). The maximum atomic E-state index is 14.9. The second-order valence-corrected chi connectivity index (χ2v) is 10.8. The van der Waals surface area contributed by atoms with Gasteiger partial charge in [0.15, 0.2) is 28.8 Å². The Bertz CT molecular complexity index is 1790. The van der Waals surface area contributed by atoms with Crippen molar-refractivity contribution < 1.29 is 28.6 Å². The van der Waals surface area contributed by atoms with Crippen molar-refractivity contribution in [2.45, 2.75) is 18.0 Å². The van der Waals surface area contributed by atoms with Gasteiger partial charge in [0.05, 0.1) is 33.6 Å². The minimum atomic E-state index is -1.72. The summed E-state index contributed by atoms with van der Waals surface area (Å²) in [5.74, 6) is -0.555. The first kappa shape index (κ1) is 26.6. The molecule has 1 saturated heterocycles. The molecule has 2 heterocycles. The number of hydrogen-bond acceptors (Lipinski definition) is 8. The number of benzene rings is 4. The van der Waals surface area contributed by atoms with Crippen molar-refractivity contribution in [2.24, 2.45) is 10.5 Å². The molecular weight excluding hydrogens is 544 g/mol. The molecule has 0 radical (unpaired) electrons. The predicted molar refractivity (Wildman–Crippen MR) is 160 cm³/mol. The molecule has 8 heteroatoms. The van der Waals surface area contributed by atoms with Gasteiger partial charge in [0.2, 0.25) is 0 Å².